The van der Waals surface area contributed by atoms with Gasteiger partial charge in [0.1, 0.15) is 0 Å². The predicted molar refractivity (Wildman–Crippen MR) is 67.6 cm³/mol. The van der Waals surface area contributed by atoms with E-state index >= 15 is 0 Å². The summed E-state index contributed by atoms with van der Waals surface area (Å²) in [5.41, 5.74) is 0. The molecule has 3 rings (SSSR count). The lowest BCUT2D eigenvalue weighted by atomic mass is 9.83. The molecule has 1 aliphatic heterocycles. The van der Waals surface area contributed by atoms with E-state index in [1.165, 1.54) is 71.0 Å². The molecule has 92 valence electrons. The molecule has 1 atom stereocenters. The van der Waals surface area contributed by atoms with Crippen LogP contribution in [-0.4, -0.2) is 36.6 Å². The number of likely N-dealkylation sites (tertiary alicyclic amines) is 1. The summed E-state index contributed by atoms with van der Waals surface area (Å²) < 4.78 is 0. The normalized spacial score (nSPS) is 32.6. The van der Waals surface area contributed by atoms with E-state index in [0.717, 1.165) is 18.0 Å². The van der Waals surface area contributed by atoms with E-state index < -0.39 is 0 Å². The Morgan fingerprint density at radius 2 is 1.81 bits per heavy atom. The lowest BCUT2D eigenvalue weighted by molar-refractivity contribution is 0.163. The van der Waals surface area contributed by atoms with Gasteiger partial charge in [-0.2, -0.15) is 0 Å². The van der Waals surface area contributed by atoms with Crippen LogP contribution in [0.4, 0.5) is 0 Å². The molecular formula is C14H26N2. The Bertz CT molecular complexity index is 221. The summed E-state index contributed by atoms with van der Waals surface area (Å²) in [6.07, 6.45) is 11.7. The molecule has 0 aromatic rings. The lowest BCUT2D eigenvalue weighted by Gasteiger charge is -2.35. The minimum absolute atomic E-state index is 0.808. The van der Waals surface area contributed by atoms with Gasteiger partial charge >= 0.3 is 0 Å². The zero-order chi connectivity index (χ0) is 10.8. The van der Waals surface area contributed by atoms with Crippen LogP contribution in [0, 0.1) is 5.92 Å². The molecule has 1 unspecified atom stereocenters. The molecule has 0 spiro atoms. The Hall–Kier alpha value is -0.0800. The third-order valence-electron chi connectivity index (χ3n) is 4.63. The molecule has 2 aliphatic carbocycles. The van der Waals surface area contributed by atoms with Crippen molar-refractivity contribution in [2.24, 2.45) is 5.92 Å². The molecule has 0 aromatic heterocycles. The Kier molecular flexibility index (Phi) is 3.49. The van der Waals surface area contributed by atoms with E-state index in [0.29, 0.717) is 0 Å². The minimum atomic E-state index is 0.808. The first kappa shape index (κ1) is 11.0. The van der Waals surface area contributed by atoms with E-state index in [9.17, 15) is 0 Å². The number of nitrogens with one attached hydrogen (secondary N) is 1. The van der Waals surface area contributed by atoms with Gasteiger partial charge in [-0.15, -0.1) is 0 Å². The quantitative estimate of drug-likeness (QED) is 0.768. The van der Waals surface area contributed by atoms with Crippen LogP contribution in [-0.2, 0) is 0 Å². The van der Waals surface area contributed by atoms with Crippen LogP contribution in [0.15, 0.2) is 0 Å². The standard InChI is InChI=1S/C14H26N2/c1-3-12(4-1)8-10-16-9-2-5-14(11-16)15-13-6-7-13/h12-15H,1-11H2. The van der Waals surface area contributed by atoms with Crippen LogP contribution in [0.2, 0.25) is 0 Å². The van der Waals surface area contributed by atoms with Crippen LogP contribution in [0.3, 0.4) is 0 Å². The monoisotopic (exact) mass is 222 g/mol. The Balaban J connectivity index is 1.36. The van der Waals surface area contributed by atoms with E-state index in [2.05, 4.69) is 10.2 Å². The van der Waals surface area contributed by atoms with Crippen LogP contribution in [0.1, 0.15) is 51.4 Å². The summed E-state index contributed by atoms with van der Waals surface area (Å²) in [6.45, 7) is 4.05. The maximum Gasteiger partial charge on any atom is 0.0198 e. The molecular weight excluding hydrogens is 196 g/mol. The Labute approximate surface area is 99.8 Å². The van der Waals surface area contributed by atoms with Crippen molar-refractivity contribution in [3.05, 3.63) is 0 Å². The van der Waals surface area contributed by atoms with Crippen molar-refractivity contribution in [2.75, 3.05) is 19.6 Å². The van der Waals surface area contributed by atoms with Crippen molar-refractivity contribution in [1.29, 1.82) is 0 Å². The van der Waals surface area contributed by atoms with Gasteiger partial charge in [-0.25, -0.2) is 0 Å². The van der Waals surface area contributed by atoms with Crippen molar-refractivity contribution in [3.8, 4) is 0 Å². The third kappa shape index (κ3) is 2.98. The molecule has 2 nitrogen and oxygen atoms in total. The minimum Gasteiger partial charge on any atom is -0.310 e. The van der Waals surface area contributed by atoms with Crippen LogP contribution >= 0.6 is 0 Å². The fourth-order valence-electron chi connectivity index (χ4n) is 3.12. The first-order valence-corrected chi connectivity index (χ1v) is 7.38. The largest absolute Gasteiger partial charge is 0.310 e. The molecule has 16 heavy (non-hydrogen) atoms. The van der Waals surface area contributed by atoms with Gasteiger partial charge in [0.05, 0.1) is 0 Å². The number of nitrogens with zero attached hydrogens (tertiary/aromatic N) is 1. The maximum atomic E-state index is 3.80. The fraction of sp³-hybridized carbons (Fsp3) is 1.00. The summed E-state index contributed by atoms with van der Waals surface area (Å²) in [6, 6.07) is 1.69. The van der Waals surface area contributed by atoms with Crippen molar-refractivity contribution < 1.29 is 0 Å². The van der Waals surface area contributed by atoms with E-state index in [1.807, 2.05) is 0 Å². The van der Waals surface area contributed by atoms with Gasteiger partial charge in [0.15, 0.2) is 0 Å². The van der Waals surface area contributed by atoms with Crippen molar-refractivity contribution in [2.45, 2.75) is 63.5 Å². The molecule has 0 bridgehead atoms. The average Bonchev–Trinajstić information content (AvgIpc) is 3.00. The molecule has 1 N–H and O–H groups in total. The van der Waals surface area contributed by atoms with E-state index in [-0.39, 0.29) is 0 Å². The zero-order valence-electron chi connectivity index (χ0n) is 10.5. The predicted octanol–water partition coefficient (Wildman–Crippen LogP) is 2.39. The van der Waals surface area contributed by atoms with Crippen molar-refractivity contribution in [3.63, 3.8) is 0 Å². The summed E-state index contributed by atoms with van der Waals surface area (Å²) in [5.74, 6) is 1.08. The van der Waals surface area contributed by atoms with Crippen LogP contribution < -0.4 is 5.32 Å². The first-order chi connectivity index (χ1) is 7.90. The van der Waals surface area contributed by atoms with Gasteiger partial charge in [0, 0.05) is 18.6 Å². The second-order valence-electron chi connectivity index (χ2n) is 6.17. The lowest BCUT2D eigenvalue weighted by Crippen LogP contribution is -2.46. The number of piperidine rings is 1. The van der Waals surface area contributed by atoms with Crippen molar-refractivity contribution >= 4 is 0 Å². The van der Waals surface area contributed by atoms with Crippen molar-refractivity contribution in [1.82, 2.24) is 10.2 Å². The van der Waals surface area contributed by atoms with Gasteiger partial charge < -0.3 is 10.2 Å². The molecule has 3 fully saturated rings. The number of rotatable bonds is 5. The summed E-state index contributed by atoms with van der Waals surface area (Å²) in [5, 5.41) is 3.80. The van der Waals surface area contributed by atoms with E-state index in [4.69, 9.17) is 0 Å². The van der Waals surface area contributed by atoms with Crippen LogP contribution in [0.5, 0.6) is 0 Å². The zero-order valence-corrected chi connectivity index (χ0v) is 10.5. The molecule has 0 radical (unpaired) electrons. The summed E-state index contributed by atoms with van der Waals surface area (Å²) >= 11 is 0. The fourth-order valence-corrected chi connectivity index (χ4v) is 3.12. The number of hydrogen-bond donors (Lipinski definition) is 1. The average molecular weight is 222 g/mol. The highest BCUT2D eigenvalue weighted by Gasteiger charge is 2.28. The summed E-state index contributed by atoms with van der Waals surface area (Å²) in [7, 11) is 0. The second-order valence-corrected chi connectivity index (χ2v) is 6.17. The highest BCUT2D eigenvalue weighted by molar-refractivity contribution is 4.88. The molecule has 0 aromatic carbocycles. The molecule has 1 saturated heterocycles. The number of hydrogen-bond acceptors (Lipinski definition) is 2. The van der Waals surface area contributed by atoms with Gasteiger partial charge in [0.2, 0.25) is 0 Å². The smallest absolute Gasteiger partial charge is 0.0198 e. The first-order valence-electron chi connectivity index (χ1n) is 7.38. The second kappa shape index (κ2) is 5.05. The van der Waals surface area contributed by atoms with E-state index in [1.54, 1.807) is 0 Å². The SMILES string of the molecule is C1CC(CCN2CCCC(NC3CC3)C2)C1. The van der Waals surface area contributed by atoms with Gasteiger partial charge in [-0.3, -0.25) is 0 Å². The van der Waals surface area contributed by atoms with Gasteiger partial charge in [-0.1, -0.05) is 19.3 Å². The highest BCUT2D eigenvalue weighted by Crippen LogP contribution is 2.30. The van der Waals surface area contributed by atoms with Gasteiger partial charge in [0.25, 0.3) is 0 Å². The Morgan fingerprint density at radius 1 is 0.938 bits per heavy atom. The maximum absolute atomic E-state index is 3.80. The third-order valence-corrected chi connectivity index (χ3v) is 4.63. The highest BCUT2D eigenvalue weighted by atomic mass is 15.2. The molecule has 0 amide bonds. The molecule has 1 heterocycles. The van der Waals surface area contributed by atoms with Crippen LogP contribution in [0.25, 0.3) is 0 Å². The molecule has 3 aliphatic rings. The Morgan fingerprint density at radius 3 is 2.50 bits per heavy atom. The molecule has 2 saturated carbocycles. The molecule has 2 heteroatoms. The summed E-state index contributed by atoms with van der Waals surface area (Å²) in [4.78, 5) is 2.71. The van der Waals surface area contributed by atoms with Gasteiger partial charge in [-0.05, 0) is 51.1 Å². The topological polar surface area (TPSA) is 15.3 Å².